The molecule has 0 saturated heterocycles. The van der Waals surface area contributed by atoms with Crippen LogP contribution in [0.3, 0.4) is 0 Å². The number of nitrogens with two attached hydrogens (primary N) is 1. The lowest BCUT2D eigenvalue weighted by Crippen LogP contribution is -2.31. The number of benzene rings is 1. The van der Waals surface area contributed by atoms with Crippen molar-refractivity contribution in [2.45, 2.75) is 39.2 Å². The van der Waals surface area contributed by atoms with Crippen molar-refractivity contribution in [1.29, 1.82) is 0 Å². The van der Waals surface area contributed by atoms with Crippen LogP contribution in [0.5, 0.6) is 0 Å². The molecule has 1 aliphatic carbocycles. The molecule has 3 N–H and O–H groups in total. The normalized spacial score (nSPS) is 20.4. The quantitative estimate of drug-likeness (QED) is 0.900. The van der Waals surface area contributed by atoms with Gasteiger partial charge < -0.3 is 11.1 Å². The Morgan fingerprint density at radius 2 is 1.95 bits per heavy atom. The van der Waals surface area contributed by atoms with Crippen LogP contribution in [0.15, 0.2) is 36.4 Å². The molecule has 1 aromatic carbocycles. The van der Waals surface area contributed by atoms with Crippen LogP contribution in [0.1, 0.15) is 33.1 Å². The van der Waals surface area contributed by atoms with Crippen LogP contribution in [0.2, 0.25) is 0 Å². The van der Waals surface area contributed by atoms with E-state index in [4.69, 9.17) is 5.73 Å². The summed E-state index contributed by atoms with van der Waals surface area (Å²) in [5.41, 5.74) is 7.23. The number of hydrogen-bond donors (Lipinski definition) is 2. The van der Waals surface area contributed by atoms with Crippen molar-refractivity contribution in [3.8, 4) is 11.4 Å². The van der Waals surface area contributed by atoms with Crippen LogP contribution in [0, 0.1) is 5.41 Å². The Kier molecular flexibility index (Phi) is 3.53. The highest BCUT2D eigenvalue weighted by Crippen LogP contribution is 2.39. The lowest BCUT2D eigenvalue weighted by atomic mass is 9.87. The van der Waals surface area contributed by atoms with Crippen molar-refractivity contribution in [1.82, 2.24) is 9.97 Å². The van der Waals surface area contributed by atoms with Crippen molar-refractivity contribution < 1.29 is 0 Å². The molecule has 4 heteroatoms. The summed E-state index contributed by atoms with van der Waals surface area (Å²) in [5, 5.41) is 3.55. The van der Waals surface area contributed by atoms with E-state index in [0.29, 0.717) is 23.1 Å². The van der Waals surface area contributed by atoms with Crippen LogP contribution >= 0.6 is 0 Å². The average Bonchev–Trinajstić information content (AvgIpc) is 2.78. The maximum atomic E-state index is 5.95. The molecular formula is C17H22N4. The fraction of sp³-hybridized carbons (Fsp3) is 0.412. The van der Waals surface area contributed by atoms with Crippen LogP contribution < -0.4 is 11.1 Å². The van der Waals surface area contributed by atoms with E-state index in [0.717, 1.165) is 11.4 Å². The molecule has 1 aromatic heterocycles. The van der Waals surface area contributed by atoms with Crippen LogP contribution in [-0.2, 0) is 0 Å². The minimum Gasteiger partial charge on any atom is -0.384 e. The molecule has 1 aliphatic rings. The molecule has 0 radical (unpaired) electrons. The van der Waals surface area contributed by atoms with E-state index < -0.39 is 0 Å². The Balaban J connectivity index is 1.88. The molecule has 1 unspecified atom stereocenters. The van der Waals surface area contributed by atoms with Gasteiger partial charge in [0.25, 0.3) is 0 Å². The first-order valence-corrected chi connectivity index (χ1v) is 7.51. The summed E-state index contributed by atoms with van der Waals surface area (Å²) >= 11 is 0. The summed E-state index contributed by atoms with van der Waals surface area (Å²) in [6, 6.07) is 12.2. The molecule has 2 aromatic rings. The third-order valence-corrected chi connectivity index (χ3v) is 4.36. The number of aromatic nitrogens is 2. The van der Waals surface area contributed by atoms with Gasteiger partial charge in [0, 0.05) is 17.7 Å². The lowest BCUT2D eigenvalue weighted by molar-refractivity contribution is 0.349. The first kappa shape index (κ1) is 13.9. The molecule has 110 valence electrons. The maximum Gasteiger partial charge on any atom is 0.163 e. The van der Waals surface area contributed by atoms with Gasteiger partial charge in [-0.05, 0) is 18.3 Å². The predicted molar refractivity (Wildman–Crippen MR) is 86.9 cm³/mol. The van der Waals surface area contributed by atoms with Crippen molar-refractivity contribution in [3.63, 3.8) is 0 Å². The number of nitrogens with one attached hydrogen (secondary N) is 1. The minimum absolute atomic E-state index is 0.298. The van der Waals surface area contributed by atoms with Crippen molar-refractivity contribution in [3.05, 3.63) is 36.4 Å². The van der Waals surface area contributed by atoms with E-state index >= 15 is 0 Å². The minimum atomic E-state index is 0.298. The van der Waals surface area contributed by atoms with E-state index in [-0.39, 0.29) is 0 Å². The van der Waals surface area contributed by atoms with E-state index in [1.54, 1.807) is 0 Å². The van der Waals surface area contributed by atoms with E-state index in [1.165, 1.54) is 19.3 Å². The number of anilines is 2. The Morgan fingerprint density at radius 1 is 1.19 bits per heavy atom. The predicted octanol–water partition coefficient (Wildman–Crippen LogP) is 3.72. The highest BCUT2D eigenvalue weighted by atomic mass is 15.1. The summed E-state index contributed by atoms with van der Waals surface area (Å²) < 4.78 is 0. The van der Waals surface area contributed by atoms with Gasteiger partial charge >= 0.3 is 0 Å². The van der Waals surface area contributed by atoms with Gasteiger partial charge in [-0.25, -0.2) is 9.97 Å². The highest BCUT2D eigenvalue weighted by molar-refractivity contribution is 5.60. The molecule has 0 amide bonds. The molecule has 1 atom stereocenters. The molecule has 1 saturated carbocycles. The monoisotopic (exact) mass is 282 g/mol. The smallest absolute Gasteiger partial charge is 0.163 e. The number of hydrogen-bond acceptors (Lipinski definition) is 4. The zero-order valence-corrected chi connectivity index (χ0v) is 12.6. The third kappa shape index (κ3) is 2.99. The van der Waals surface area contributed by atoms with Crippen molar-refractivity contribution in [2.24, 2.45) is 5.41 Å². The van der Waals surface area contributed by atoms with Gasteiger partial charge in [0.05, 0.1) is 0 Å². The number of rotatable bonds is 3. The molecule has 4 nitrogen and oxygen atoms in total. The molecule has 0 bridgehead atoms. The van der Waals surface area contributed by atoms with Gasteiger partial charge in [0.1, 0.15) is 11.6 Å². The Labute approximate surface area is 125 Å². The Bertz CT molecular complexity index is 622. The fourth-order valence-electron chi connectivity index (χ4n) is 3.03. The number of nitrogen functional groups attached to an aromatic ring is 1. The SMILES string of the molecule is CC1(C)CCCC1Nc1cc(N)nc(-c2ccccc2)n1. The molecule has 0 spiro atoms. The second-order valence-electron chi connectivity index (χ2n) is 6.45. The number of nitrogens with zero attached hydrogens (tertiary/aromatic N) is 2. The standard InChI is InChI=1S/C17H22N4/c1-17(2)10-6-9-13(17)19-15-11-14(18)20-16(21-15)12-7-4-3-5-8-12/h3-5,7-8,11,13H,6,9-10H2,1-2H3,(H3,18,19,20,21). The molecular weight excluding hydrogens is 260 g/mol. The first-order chi connectivity index (χ1) is 10.0. The van der Waals surface area contributed by atoms with E-state index in [1.807, 2.05) is 36.4 Å². The molecule has 3 rings (SSSR count). The van der Waals surface area contributed by atoms with Crippen LogP contribution in [-0.4, -0.2) is 16.0 Å². The summed E-state index contributed by atoms with van der Waals surface area (Å²) in [7, 11) is 0. The van der Waals surface area contributed by atoms with Gasteiger partial charge in [-0.3, -0.25) is 0 Å². The molecule has 1 fully saturated rings. The molecule has 0 aliphatic heterocycles. The topological polar surface area (TPSA) is 63.8 Å². The highest BCUT2D eigenvalue weighted by Gasteiger charge is 2.34. The second-order valence-corrected chi connectivity index (χ2v) is 6.45. The van der Waals surface area contributed by atoms with Gasteiger partial charge in [-0.15, -0.1) is 0 Å². The summed E-state index contributed by atoms with van der Waals surface area (Å²) in [4.78, 5) is 8.97. The average molecular weight is 282 g/mol. The Morgan fingerprint density at radius 3 is 2.62 bits per heavy atom. The van der Waals surface area contributed by atoms with E-state index in [2.05, 4.69) is 29.1 Å². The van der Waals surface area contributed by atoms with Gasteiger partial charge in [0.15, 0.2) is 5.82 Å². The summed E-state index contributed by atoms with van der Waals surface area (Å²) in [5.74, 6) is 2.00. The zero-order valence-electron chi connectivity index (χ0n) is 12.6. The second kappa shape index (κ2) is 5.35. The zero-order chi connectivity index (χ0) is 14.9. The first-order valence-electron chi connectivity index (χ1n) is 7.51. The van der Waals surface area contributed by atoms with Crippen molar-refractivity contribution >= 4 is 11.6 Å². The molecule has 21 heavy (non-hydrogen) atoms. The maximum absolute atomic E-state index is 5.95. The van der Waals surface area contributed by atoms with Gasteiger partial charge in [-0.1, -0.05) is 50.6 Å². The molecule has 1 heterocycles. The summed E-state index contributed by atoms with van der Waals surface area (Å²) in [6.45, 7) is 4.61. The van der Waals surface area contributed by atoms with Crippen LogP contribution in [0.25, 0.3) is 11.4 Å². The Hall–Kier alpha value is -2.10. The van der Waals surface area contributed by atoms with Crippen LogP contribution in [0.4, 0.5) is 11.6 Å². The fourth-order valence-corrected chi connectivity index (χ4v) is 3.03. The van der Waals surface area contributed by atoms with Crippen molar-refractivity contribution in [2.75, 3.05) is 11.1 Å². The van der Waals surface area contributed by atoms with Gasteiger partial charge in [0.2, 0.25) is 0 Å². The third-order valence-electron chi connectivity index (χ3n) is 4.36. The largest absolute Gasteiger partial charge is 0.384 e. The van der Waals surface area contributed by atoms with E-state index in [9.17, 15) is 0 Å². The summed E-state index contributed by atoms with van der Waals surface area (Å²) in [6.07, 6.45) is 3.69. The van der Waals surface area contributed by atoms with Gasteiger partial charge in [-0.2, -0.15) is 0 Å². The lowest BCUT2D eigenvalue weighted by Gasteiger charge is -2.28.